The summed E-state index contributed by atoms with van der Waals surface area (Å²) >= 11 is 12.8. The van der Waals surface area contributed by atoms with Crippen molar-refractivity contribution in [2.75, 3.05) is 11.4 Å². The lowest BCUT2D eigenvalue weighted by Crippen LogP contribution is -2.36. The second-order valence-corrected chi connectivity index (χ2v) is 8.57. The maximum atomic E-state index is 12.9. The van der Waals surface area contributed by atoms with Crippen LogP contribution in [0.2, 0.25) is 10.0 Å². The first-order valence-corrected chi connectivity index (χ1v) is 11.0. The number of ether oxygens (including phenoxy) is 1. The molecule has 0 atom stereocenters. The minimum Gasteiger partial charge on any atom is -0.508 e. The SMILES string of the molecule is CC(C)c1cc(Oc2c(Cl)cc(N(CC(=O)O)C(=O)Cc3ccccc3)cc2Cl)ccc1O. The van der Waals surface area contributed by atoms with Crippen LogP contribution in [-0.2, 0) is 16.0 Å². The van der Waals surface area contributed by atoms with Crippen LogP contribution in [0.5, 0.6) is 17.2 Å². The highest BCUT2D eigenvalue weighted by Gasteiger charge is 2.22. The molecule has 8 heteroatoms. The van der Waals surface area contributed by atoms with Crippen molar-refractivity contribution in [2.24, 2.45) is 0 Å². The summed E-state index contributed by atoms with van der Waals surface area (Å²) in [5.74, 6) is -0.768. The fourth-order valence-corrected chi connectivity index (χ4v) is 3.85. The van der Waals surface area contributed by atoms with E-state index in [0.717, 1.165) is 10.5 Å². The number of amides is 1. The van der Waals surface area contributed by atoms with Crippen molar-refractivity contribution in [3.63, 3.8) is 0 Å². The Hall–Kier alpha value is -3.22. The molecule has 0 fully saturated rings. The Morgan fingerprint density at radius 3 is 2.21 bits per heavy atom. The summed E-state index contributed by atoms with van der Waals surface area (Å²) in [5, 5.41) is 19.6. The van der Waals surface area contributed by atoms with Gasteiger partial charge in [0, 0.05) is 11.3 Å². The highest BCUT2D eigenvalue weighted by molar-refractivity contribution is 6.37. The summed E-state index contributed by atoms with van der Waals surface area (Å²) in [6, 6.07) is 16.7. The van der Waals surface area contributed by atoms with Crippen LogP contribution in [0.15, 0.2) is 60.7 Å². The number of hydrogen-bond donors (Lipinski definition) is 2. The largest absolute Gasteiger partial charge is 0.508 e. The highest BCUT2D eigenvalue weighted by Crippen LogP contribution is 2.41. The minimum absolute atomic E-state index is 0.0209. The van der Waals surface area contributed by atoms with Crippen molar-refractivity contribution in [1.82, 2.24) is 0 Å². The number of benzene rings is 3. The summed E-state index contributed by atoms with van der Waals surface area (Å²) in [7, 11) is 0. The van der Waals surface area contributed by atoms with Crippen molar-refractivity contribution < 1.29 is 24.5 Å². The van der Waals surface area contributed by atoms with E-state index in [-0.39, 0.29) is 39.6 Å². The summed E-state index contributed by atoms with van der Waals surface area (Å²) in [6.07, 6.45) is 0.0209. The van der Waals surface area contributed by atoms with Gasteiger partial charge in [0.1, 0.15) is 18.0 Å². The number of phenols is 1. The number of hydrogen-bond acceptors (Lipinski definition) is 4. The number of carboxylic acids is 1. The van der Waals surface area contributed by atoms with Gasteiger partial charge in [-0.2, -0.15) is 0 Å². The normalized spacial score (nSPS) is 10.8. The molecule has 3 aromatic rings. The third-order valence-corrected chi connectivity index (χ3v) is 5.49. The molecule has 1 amide bonds. The summed E-state index contributed by atoms with van der Waals surface area (Å²) in [4.78, 5) is 25.4. The van der Waals surface area contributed by atoms with Crippen LogP contribution >= 0.6 is 23.2 Å². The van der Waals surface area contributed by atoms with Crippen LogP contribution < -0.4 is 9.64 Å². The number of nitrogens with zero attached hydrogens (tertiary/aromatic N) is 1. The average molecular weight is 488 g/mol. The monoisotopic (exact) mass is 487 g/mol. The van der Waals surface area contributed by atoms with Gasteiger partial charge in [-0.25, -0.2) is 0 Å². The van der Waals surface area contributed by atoms with E-state index in [2.05, 4.69) is 0 Å². The third-order valence-electron chi connectivity index (χ3n) is 4.93. The number of carbonyl (C=O) groups excluding carboxylic acids is 1. The number of phenolic OH excluding ortho intramolecular Hbond substituents is 1. The predicted octanol–water partition coefficient (Wildman–Crippen LogP) is 6.28. The molecule has 2 N–H and O–H groups in total. The maximum absolute atomic E-state index is 12.9. The molecule has 0 unspecified atom stereocenters. The first kappa shape index (κ1) is 24.4. The number of carbonyl (C=O) groups is 2. The first-order chi connectivity index (χ1) is 15.7. The Morgan fingerprint density at radius 1 is 1.00 bits per heavy atom. The molecule has 0 heterocycles. The molecule has 0 aliphatic carbocycles. The van der Waals surface area contributed by atoms with Crippen LogP contribution in [0.25, 0.3) is 0 Å². The van der Waals surface area contributed by atoms with Gasteiger partial charge in [0.2, 0.25) is 5.91 Å². The van der Waals surface area contributed by atoms with E-state index in [9.17, 15) is 19.8 Å². The van der Waals surface area contributed by atoms with E-state index in [1.54, 1.807) is 36.4 Å². The standard InChI is InChI=1S/C25H23Cl2NO5/c1-15(2)19-13-18(8-9-22(19)29)33-25-20(26)11-17(12-21(25)27)28(14-24(31)32)23(30)10-16-6-4-3-5-7-16/h3-9,11-13,15,29H,10,14H2,1-2H3,(H,31,32). The van der Waals surface area contributed by atoms with E-state index in [1.165, 1.54) is 18.2 Å². The smallest absolute Gasteiger partial charge is 0.323 e. The molecule has 3 rings (SSSR count). The predicted molar refractivity (Wildman–Crippen MR) is 129 cm³/mol. The van der Waals surface area contributed by atoms with Gasteiger partial charge in [0.05, 0.1) is 16.5 Å². The molecule has 33 heavy (non-hydrogen) atoms. The zero-order chi connectivity index (χ0) is 24.1. The minimum atomic E-state index is -1.17. The third kappa shape index (κ3) is 6.18. The number of halogens is 2. The van der Waals surface area contributed by atoms with Gasteiger partial charge in [-0.3, -0.25) is 9.59 Å². The lowest BCUT2D eigenvalue weighted by molar-refractivity contribution is -0.136. The fraction of sp³-hybridized carbons (Fsp3) is 0.200. The molecule has 0 saturated carbocycles. The van der Waals surface area contributed by atoms with Gasteiger partial charge < -0.3 is 19.8 Å². The van der Waals surface area contributed by atoms with Crippen LogP contribution in [0.3, 0.4) is 0 Å². The van der Waals surface area contributed by atoms with E-state index >= 15 is 0 Å². The number of carboxylic acid groups (broad SMARTS) is 1. The van der Waals surface area contributed by atoms with Crippen molar-refractivity contribution in [3.8, 4) is 17.2 Å². The Labute approximate surface area is 201 Å². The molecular weight excluding hydrogens is 465 g/mol. The molecule has 6 nitrogen and oxygen atoms in total. The van der Waals surface area contributed by atoms with Crippen LogP contribution in [0.4, 0.5) is 5.69 Å². The van der Waals surface area contributed by atoms with Gasteiger partial charge in [-0.1, -0.05) is 67.4 Å². The van der Waals surface area contributed by atoms with E-state index in [0.29, 0.717) is 11.3 Å². The zero-order valence-electron chi connectivity index (χ0n) is 18.1. The topological polar surface area (TPSA) is 87.1 Å². The molecular formula is C25H23Cl2NO5. The molecule has 0 saturated heterocycles. The molecule has 0 aromatic heterocycles. The molecule has 0 radical (unpaired) electrons. The fourth-order valence-electron chi connectivity index (χ4n) is 3.30. The summed E-state index contributed by atoms with van der Waals surface area (Å²) < 4.78 is 5.86. The van der Waals surface area contributed by atoms with Crippen molar-refractivity contribution in [1.29, 1.82) is 0 Å². The molecule has 172 valence electrons. The lowest BCUT2D eigenvalue weighted by atomic mass is 10.0. The maximum Gasteiger partial charge on any atom is 0.323 e. The summed E-state index contributed by atoms with van der Waals surface area (Å²) in [6.45, 7) is 3.34. The molecule has 0 bridgehead atoms. The Kier molecular flexibility index (Phi) is 7.84. The van der Waals surface area contributed by atoms with E-state index < -0.39 is 18.4 Å². The quantitative estimate of drug-likeness (QED) is 0.390. The van der Waals surface area contributed by atoms with Gasteiger partial charge in [-0.15, -0.1) is 0 Å². The number of aliphatic carboxylic acids is 1. The Balaban J connectivity index is 1.91. The Morgan fingerprint density at radius 2 is 1.64 bits per heavy atom. The van der Waals surface area contributed by atoms with E-state index in [4.69, 9.17) is 27.9 Å². The van der Waals surface area contributed by atoms with Gasteiger partial charge in [-0.05, 0) is 41.8 Å². The summed E-state index contributed by atoms with van der Waals surface area (Å²) in [5.41, 5.74) is 1.70. The second-order valence-electron chi connectivity index (χ2n) is 7.75. The average Bonchev–Trinajstić information content (AvgIpc) is 2.75. The first-order valence-electron chi connectivity index (χ1n) is 10.2. The lowest BCUT2D eigenvalue weighted by Gasteiger charge is -2.22. The van der Waals surface area contributed by atoms with Crippen LogP contribution in [0.1, 0.15) is 30.9 Å². The number of anilines is 1. The molecule has 0 aliphatic rings. The van der Waals surface area contributed by atoms with Crippen molar-refractivity contribution in [2.45, 2.75) is 26.2 Å². The van der Waals surface area contributed by atoms with Crippen LogP contribution in [0, 0.1) is 0 Å². The van der Waals surface area contributed by atoms with Gasteiger partial charge in [0.25, 0.3) is 0 Å². The molecule has 0 spiro atoms. The Bertz CT molecular complexity index is 1140. The zero-order valence-corrected chi connectivity index (χ0v) is 19.6. The molecule has 0 aliphatic heterocycles. The number of aromatic hydroxyl groups is 1. The van der Waals surface area contributed by atoms with Crippen molar-refractivity contribution >= 4 is 40.8 Å². The number of rotatable bonds is 8. The van der Waals surface area contributed by atoms with Crippen LogP contribution in [-0.4, -0.2) is 28.6 Å². The highest BCUT2D eigenvalue weighted by atomic mass is 35.5. The van der Waals surface area contributed by atoms with Gasteiger partial charge in [0.15, 0.2) is 5.75 Å². The molecule has 3 aromatic carbocycles. The second kappa shape index (κ2) is 10.6. The van der Waals surface area contributed by atoms with E-state index in [1.807, 2.05) is 19.9 Å². The van der Waals surface area contributed by atoms with Crippen molar-refractivity contribution in [3.05, 3.63) is 81.8 Å². The van der Waals surface area contributed by atoms with Gasteiger partial charge >= 0.3 is 5.97 Å².